The molecule has 0 spiro atoms. The summed E-state index contributed by atoms with van der Waals surface area (Å²) < 4.78 is 2.07. The van der Waals surface area contributed by atoms with Crippen molar-refractivity contribution < 1.29 is 5.11 Å². The molecular formula is C12H15ClN4O. The predicted octanol–water partition coefficient (Wildman–Crippen LogP) is 2.12. The second-order valence-electron chi connectivity index (χ2n) is 4.90. The molecule has 0 aliphatic heterocycles. The van der Waals surface area contributed by atoms with Crippen molar-refractivity contribution >= 4 is 22.8 Å². The van der Waals surface area contributed by atoms with Gasteiger partial charge in [0.1, 0.15) is 11.3 Å². The number of aliphatic hydroxyl groups is 1. The minimum absolute atomic E-state index is 0.262. The summed E-state index contributed by atoms with van der Waals surface area (Å²) >= 11 is 6.07. The van der Waals surface area contributed by atoms with Gasteiger partial charge in [0, 0.05) is 12.6 Å². The fourth-order valence-electron chi connectivity index (χ4n) is 2.72. The number of aliphatic hydroxyl groups excluding tert-OH is 1. The lowest BCUT2D eigenvalue weighted by molar-refractivity contribution is 0.226. The molecule has 2 aromatic heterocycles. The molecule has 0 radical (unpaired) electrons. The highest BCUT2D eigenvalue weighted by Crippen LogP contribution is 2.36. The molecule has 5 nitrogen and oxygen atoms in total. The standard InChI is InChI=1S/C12H15ClN4O/c1-7-15-11(13)10-12(16-7)17(6-14-10)9-3-2-8(4-9)5-18/h6,8-9,18H,2-5H2,1H3/t8-,9+/m1/s1. The molecule has 1 aliphatic rings. The summed E-state index contributed by atoms with van der Waals surface area (Å²) in [6.45, 7) is 2.09. The number of fused-ring (bicyclic) bond motifs is 1. The van der Waals surface area contributed by atoms with Crippen LogP contribution in [0.4, 0.5) is 0 Å². The van der Waals surface area contributed by atoms with Crippen molar-refractivity contribution in [1.82, 2.24) is 19.5 Å². The Bertz CT molecular complexity index is 583. The van der Waals surface area contributed by atoms with Crippen molar-refractivity contribution in [3.63, 3.8) is 0 Å². The van der Waals surface area contributed by atoms with E-state index in [1.165, 1.54) is 0 Å². The maximum absolute atomic E-state index is 9.21. The van der Waals surface area contributed by atoms with E-state index in [-0.39, 0.29) is 6.61 Å². The Labute approximate surface area is 110 Å². The number of rotatable bonds is 2. The molecule has 6 heteroatoms. The van der Waals surface area contributed by atoms with Gasteiger partial charge >= 0.3 is 0 Å². The second kappa shape index (κ2) is 4.48. The maximum Gasteiger partial charge on any atom is 0.165 e. The van der Waals surface area contributed by atoms with E-state index in [0.717, 1.165) is 24.9 Å². The number of hydrogen-bond acceptors (Lipinski definition) is 4. The Balaban J connectivity index is 2.03. The Hall–Kier alpha value is -1.20. The molecule has 1 fully saturated rings. The first-order valence-electron chi connectivity index (χ1n) is 6.16. The topological polar surface area (TPSA) is 63.8 Å². The molecule has 1 N–H and O–H groups in total. The largest absolute Gasteiger partial charge is 0.396 e. The van der Waals surface area contributed by atoms with Gasteiger partial charge in [0.2, 0.25) is 0 Å². The van der Waals surface area contributed by atoms with E-state index in [0.29, 0.717) is 28.5 Å². The van der Waals surface area contributed by atoms with Crippen LogP contribution < -0.4 is 0 Å². The zero-order chi connectivity index (χ0) is 12.7. The Morgan fingerprint density at radius 2 is 2.28 bits per heavy atom. The van der Waals surface area contributed by atoms with Gasteiger partial charge in [-0.15, -0.1) is 0 Å². The average Bonchev–Trinajstić information content (AvgIpc) is 2.93. The Kier molecular flexibility index (Phi) is 2.95. The number of halogens is 1. The third-order valence-corrected chi connectivity index (χ3v) is 3.92. The lowest BCUT2D eigenvalue weighted by atomic mass is 10.1. The normalized spacial score (nSPS) is 23.9. The van der Waals surface area contributed by atoms with Gasteiger partial charge in [-0.1, -0.05) is 11.6 Å². The molecule has 1 saturated carbocycles. The van der Waals surface area contributed by atoms with Gasteiger partial charge in [-0.25, -0.2) is 15.0 Å². The lowest BCUT2D eigenvalue weighted by Gasteiger charge is -2.12. The van der Waals surface area contributed by atoms with Gasteiger partial charge in [0.25, 0.3) is 0 Å². The smallest absolute Gasteiger partial charge is 0.165 e. The van der Waals surface area contributed by atoms with Crippen LogP contribution in [0.1, 0.15) is 31.1 Å². The average molecular weight is 267 g/mol. The summed E-state index contributed by atoms with van der Waals surface area (Å²) in [6.07, 6.45) is 4.87. The second-order valence-corrected chi connectivity index (χ2v) is 5.26. The van der Waals surface area contributed by atoms with E-state index in [2.05, 4.69) is 19.5 Å². The molecule has 1 aliphatic carbocycles. The summed E-state index contributed by atoms with van der Waals surface area (Å²) in [7, 11) is 0. The summed E-state index contributed by atoms with van der Waals surface area (Å²) in [5.74, 6) is 1.05. The first-order valence-corrected chi connectivity index (χ1v) is 6.54. The quantitative estimate of drug-likeness (QED) is 0.846. The minimum Gasteiger partial charge on any atom is -0.396 e. The van der Waals surface area contributed by atoms with Gasteiger partial charge in [-0.3, -0.25) is 0 Å². The van der Waals surface area contributed by atoms with Crippen molar-refractivity contribution in [2.75, 3.05) is 6.61 Å². The summed E-state index contributed by atoms with van der Waals surface area (Å²) in [4.78, 5) is 12.8. The molecule has 3 rings (SSSR count). The van der Waals surface area contributed by atoms with Crippen molar-refractivity contribution in [3.05, 3.63) is 17.3 Å². The summed E-state index contributed by atoms with van der Waals surface area (Å²) in [6, 6.07) is 0.359. The molecular weight excluding hydrogens is 252 g/mol. The number of nitrogens with zero attached hydrogens (tertiary/aromatic N) is 4. The van der Waals surface area contributed by atoms with E-state index in [9.17, 15) is 5.11 Å². The molecule has 96 valence electrons. The van der Waals surface area contributed by atoms with Crippen LogP contribution in [-0.2, 0) is 0 Å². The molecule has 0 amide bonds. The Morgan fingerprint density at radius 3 is 3.00 bits per heavy atom. The van der Waals surface area contributed by atoms with Crippen LogP contribution in [0, 0.1) is 12.8 Å². The number of aromatic nitrogens is 4. The highest BCUT2D eigenvalue weighted by molar-refractivity contribution is 6.33. The third kappa shape index (κ3) is 1.87. The zero-order valence-electron chi connectivity index (χ0n) is 10.2. The van der Waals surface area contributed by atoms with Gasteiger partial charge < -0.3 is 9.67 Å². The van der Waals surface area contributed by atoms with Crippen LogP contribution in [0.2, 0.25) is 5.15 Å². The van der Waals surface area contributed by atoms with Crippen LogP contribution in [0.25, 0.3) is 11.2 Å². The van der Waals surface area contributed by atoms with Crippen LogP contribution in [-0.4, -0.2) is 31.2 Å². The van der Waals surface area contributed by atoms with Crippen molar-refractivity contribution in [3.8, 4) is 0 Å². The third-order valence-electron chi connectivity index (χ3n) is 3.66. The summed E-state index contributed by atoms with van der Waals surface area (Å²) in [5, 5.41) is 9.62. The zero-order valence-corrected chi connectivity index (χ0v) is 10.9. The van der Waals surface area contributed by atoms with Crippen molar-refractivity contribution in [1.29, 1.82) is 0 Å². The molecule has 0 saturated heterocycles. The molecule has 2 atom stereocenters. The van der Waals surface area contributed by atoms with Gasteiger partial charge in [0.15, 0.2) is 10.8 Å². The van der Waals surface area contributed by atoms with E-state index in [4.69, 9.17) is 11.6 Å². The van der Waals surface area contributed by atoms with Crippen LogP contribution in [0.15, 0.2) is 6.33 Å². The van der Waals surface area contributed by atoms with Gasteiger partial charge in [-0.05, 0) is 32.1 Å². The van der Waals surface area contributed by atoms with Gasteiger partial charge in [0.05, 0.1) is 6.33 Å². The summed E-state index contributed by atoms with van der Waals surface area (Å²) in [5.41, 5.74) is 1.46. The Morgan fingerprint density at radius 1 is 1.44 bits per heavy atom. The van der Waals surface area contributed by atoms with Gasteiger partial charge in [-0.2, -0.15) is 0 Å². The number of imidazole rings is 1. The van der Waals surface area contributed by atoms with E-state index < -0.39 is 0 Å². The van der Waals surface area contributed by atoms with Crippen LogP contribution >= 0.6 is 11.6 Å². The van der Waals surface area contributed by atoms with Crippen LogP contribution in [0.3, 0.4) is 0 Å². The predicted molar refractivity (Wildman–Crippen MR) is 68.5 cm³/mol. The number of aryl methyl sites for hydroxylation is 1. The first-order chi connectivity index (χ1) is 8.69. The molecule has 18 heavy (non-hydrogen) atoms. The molecule has 0 bridgehead atoms. The molecule has 0 aromatic carbocycles. The van der Waals surface area contributed by atoms with E-state index in [1.807, 2.05) is 6.92 Å². The fourth-order valence-corrected chi connectivity index (χ4v) is 2.97. The van der Waals surface area contributed by atoms with Crippen molar-refractivity contribution in [2.45, 2.75) is 32.2 Å². The number of hydrogen-bond donors (Lipinski definition) is 1. The maximum atomic E-state index is 9.21. The van der Waals surface area contributed by atoms with E-state index in [1.54, 1.807) is 6.33 Å². The highest BCUT2D eigenvalue weighted by atomic mass is 35.5. The fraction of sp³-hybridized carbons (Fsp3) is 0.583. The lowest BCUT2D eigenvalue weighted by Crippen LogP contribution is -2.07. The molecule has 2 aromatic rings. The monoisotopic (exact) mass is 266 g/mol. The minimum atomic E-state index is 0.262. The highest BCUT2D eigenvalue weighted by Gasteiger charge is 2.27. The van der Waals surface area contributed by atoms with Crippen LogP contribution in [0.5, 0.6) is 0 Å². The molecule has 2 heterocycles. The molecule has 0 unspecified atom stereocenters. The SMILES string of the molecule is Cc1nc(Cl)c2ncn([C@H]3CC[C@@H](CO)C3)c2n1. The first kappa shape index (κ1) is 11.9. The van der Waals surface area contributed by atoms with E-state index >= 15 is 0 Å². The van der Waals surface area contributed by atoms with Crippen molar-refractivity contribution in [2.24, 2.45) is 5.92 Å².